The van der Waals surface area contributed by atoms with Gasteiger partial charge in [0.2, 0.25) is 0 Å². The minimum absolute atomic E-state index is 0.244. The summed E-state index contributed by atoms with van der Waals surface area (Å²) in [5, 5.41) is 0.244. The Balaban J connectivity index is 2.44. The molecule has 0 amide bonds. The van der Waals surface area contributed by atoms with E-state index in [0.29, 0.717) is 12.5 Å². The van der Waals surface area contributed by atoms with Crippen molar-refractivity contribution in [2.75, 3.05) is 6.61 Å². The first-order valence-electron chi connectivity index (χ1n) is 4.78. The molecule has 74 valence electrons. The average Bonchev–Trinajstić information content (AvgIpc) is 2.57. The zero-order chi connectivity index (χ0) is 9.68. The molecule has 1 fully saturated rings. The van der Waals surface area contributed by atoms with E-state index >= 15 is 0 Å². The third-order valence-electron chi connectivity index (χ3n) is 2.25. The molecular weight excluding hydrogens is 188 g/mol. The zero-order valence-electron chi connectivity index (χ0n) is 7.88. The molecule has 0 aromatic carbocycles. The summed E-state index contributed by atoms with van der Waals surface area (Å²) in [6.07, 6.45) is 6.63. The van der Waals surface area contributed by atoms with E-state index in [9.17, 15) is 4.79 Å². The average molecular weight is 203 g/mol. The van der Waals surface area contributed by atoms with Gasteiger partial charge >= 0.3 is 5.97 Å². The predicted octanol–water partition coefficient (Wildman–Crippen LogP) is 2.86. The maximum Gasteiger partial charge on any atom is 0.349 e. The van der Waals surface area contributed by atoms with Crippen LogP contribution in [0, 0.1) is 5.92 Å². The molecule has 13 heavy (non-hydrogen) atoms. The standard InChI is InChI=1S/C10H15ClO2/c1-2-13-10(12)9(11)7-8-5-3-4-6-8/h7-8H,2-6H2,1H3/b9-7-. The van der Waals surface area contributed by atoms with Crippen molar-refractivity contribution in [2.45, 2.75) is 32.6 Å². The van der Waals surface area contributed by atoms with Crippen LogP contribution in [0.3, 0.4) is 0 Å². The van der Waals surface area contributed by atoms with E-state index in [1.165, 1.54) is 12.8 Å². The van der Waals surface area contributed by atoms with E-state index in [-0.39, 0.29) is 5.03 Å². The van der Waals surface area contributed by atoms with Crippen LogP contribution in [0.25, 0.3) is 0 Å². The van der Waals surface area contributed by atoms with Crippen molar-refractivity contribution in [3.05, 3.63) is 11.1 Å². The van der Waals surface area contributed by atoms with Gasteiger partial charge in [0.05, 0.1) is 6.61 Å². The molecule has 0 bridgehead atoms. The maximum atomic E-state index is 11.1. The van der Waals surface area contributed by atoms with Gasteiger partial charge in [0.1, 0.15) is 5.03 Å². The summed E-state index contributed by atoms with van der Waals surface area (Å²) < 4.78 is 4.77. The van der Waals surface area contributed by atoms with Gasteiger partial charge in [-0.1, -0.05) is 30.5 Å². The van der Waals surface area contributed by atoms with Crippen molar-refractivity contribution in [2.24, 2.45) is 5.92 Å². The second kappa shape index (κ2) is 5.28. The molecule has 2 nitrogen and oxygen atoms in total. The Morgan fingerprint density at radius 1 is 1.54 bits per heavy atom. The van der Waals surface area contributed by atoms with E-state index in [1.54, 1.807) is 6.92 Å². The maximum absolute atomic E-state index is 11.1. The molecule has 0 aromatic rings. The molecule has 0 atom stereocenters. The Bertz CT molecular complexity index is 205. The molecule has 0 N–H and O–H groups in total. The second-order valence-electron chi connectivity index (χ2n) is 3.28. The van der Waals surface area contributed by atoms with E-state index in [1.807, 2.05) is 6.08 Å². The quantitative estimate of drug-likeness (QED) is 0.520. The van der Waals surface area contributed by atoms with Crippen molar-refractivity contribution in [3.8, 4) is 0 Å². The molecule has 1 aliphatic carbocycles. The third-order valence-corrected chi connectivity index (χ3v) is 2.53. The summed E-state index contributed by atoms with van der Waals surface area (Å²) >= 11 is 5.78. The molecule has 3 heteroatoms. The number of hydrogen-bond acceptors (Lipinski definition) is 2. The molecule has 0 unspecified atom stereocenters. The van der Waals surface area contributed by atoms with Gasteiger partial charge in [-0.05, 0) is 25.7 Å². The summed E-state index contributed by atoms with van der Waals surface area (Å²) in [6, 6.07) is 0. The number of hydrogen-bond donors (Lipinski definition) is 0. The van der Waals surface area contributed by atoms with Crippen LogP contribution in [0.4, 0.5) is 0 Å². The SMILES string of the molecule is CCOC(=O)/C(Cl)=C/C1CCCC1. The Hall–Kier alpha value is -0.500. The van der Waals surface area contributed by atoms with Crippen molar-refractivity contribution >= 4 is 17.6 Å². The lowest BCUT2D eigenvalue weighted by atomic mass is 10.1. The largest absolute Gasteiger partial charge is 0.462 e. The molecule has 1 aliphatic rings. The summed E-state index contributed by atoms with van der Waals surface area (Å²) in [6.45, 7) is 2.16. The van der Waals surface area contributed by atoms with Gasteiger partial charge in [0.15, 0.2) is 0 Å². The minimum atomic E-state index is -0.393. The summed E-state index contributed by atoms with van der Waals surface area (Å²) in [5.74, 6) is 0.0907. The molecule has 0 saturated heterocycles. The molecule has 0 spiro atoms. The molecule has 1 saturated carbocycles. The number of rotatable bonds is 3. The monoisotopic (exact) mass is 202 g/mol. The van der Waals surface area contributed by atoms with Crippen LogP contribution >= 0.6 is 11.6 Å². The first-order valence-corrected chi connectivity index (χ1v) is 5.16. The van der Waals surface area contributed by atoms with Crippen LogP contribution in [0.2, 0.25) is 0 Å². The van der Waals surface area contributed by atoms with Crippen molar-refractivity contribution in [1.82, 2.24) is 0 Å². The van der Waals surface area contributed by atoms with E-state index in [0.717, 1.165) is 12.8 Å². The fraction of sp³-hybridized carbons (Fsp3) is 0.700. The number of halogens is 1. The van der Waals surface area contributed by atoms with Crippen LogP contribution in [-0.2, 0) is 9.53 Å². The van der Waals surface area contributed by atoms with Gasteiger partial charge in [-0.3, -0.25) is 0 Å². The smallest absolute Gasteiger partial charge is 0.349 e. The second-order valence-corrected chi connectivity index (χ2v) is 3.69. The molecular formula is C10H15ClO2. The Morgan fingerprint density at radius 2 is 2.15 bits per heavy atom. The summed E-state index contributed by atoms with van der Waals surface area (Å²) in [4.78, 5) is 11.1. The highest BCUT2D eigenvalue weighted by Crippen LogP contribution is 2.27. The molecule has 0 heterocycles. The van der Waals surface area contributed by atoms with Gasteiger partial charge in [0.25, 0.3) is 0 Å². The number of carbonyl (C=O) groups excluding carboxylic acids is 1. The highest BCUT2D eigenvalue weighted by molar-refractivity contribution is 6.41. The minimum Gasteiger partial charge on any atom is -0.462 e. The van der Waals surface area contributed by atoms with Gasteiger partial charge in [-0.25, -0.2) is 4.79 Å². The summed E-state index contributed by atoms with van der Waals surface area (Å²) in [7, 11) is 0. The number of esters is 1. The van der Waals surface area contributed by atoms with Gasteiger partial charge in [0, 0.05) is 0 Å². The fourth-order valence-corrected chi connectivity index (χ4v) is 1.83. The molecule has 0 aliphatic heterocycles. The summed E-state index contributed by atoms with van der Waals surface area (Å²) in [5.41, 5.74) is 0. The third kappa shape index (κ3) is 3.39. The Labute approximate surface area is 83.9 Å². The van der Waals surface area contributed by atoms with E-state index in [2.05, 4.69) is 0 Å². The Kier molecular flexibility index (Phi) is 4.29. The molecule has 1 rings (SSSR count). The highest BCUT2D eigenvalue weighted by atomic mass is 35.5. The van der Waals surface area contributed by atoms with Crippen molar-refractivity contribution in [1.29, 1.82) is 0 Å². The van der Waals surface area contributed by atoms with E-state index < -0.39 is 5.97 Å². The van der Waals surface area contributed by atoms with Gasteiger partial charge < -0.3 is 4.74 Å². The first kappa shape index (κ1) is 10.6. The van der Waals surface area contributed by atoms with Crippen LogP contribution < -0.4 is 0 Å². The number of allylic oxidation sites excluding steroid dienone is 1. The first-order chi connectivity index (χ1) is 6.24. The van der Waals surface area contributed by atoms with E-state index in [4.69, 9.17) is 16.3 Å². The highest BCUT2D eigenvalue weighted by Gasteiger charge is 2.15. The fourth-order valence-electron chi connectivity index (χ4n) is 1.60. The predicted molar refractivity (Wildman–Crippen MR) is 52.5 cm³/mol. The Morgan fingerprint density at radius 3 is 2.69 bits per heavy atom. The van der Waals surface area contributed by atoms with Crippen LogP contribution in [0.1, 0.15) is 32.6 Å². The van der Waals surface area contributed by atoms with Crippen molar-refractivity contribution in [3.63, 3.8) is 0 Å². The zero-order valence-corrected chi connectivity index (χ0v) is 8.64. The molecule has 0 radical (unpaired) electrons. The lowest BCUT2D eigenvalue weighted by Gasteiger charge is -2.03. The lowest BCUT2D eigenvalue weighted by molar-refractivity contribution is -0.137. The molecule has 0 aromatic heterocycles. The van der Waals surface area contributed by atoms with Gasteiger partial charge in [-0.2, -0.15) is 0 Å². The number of ether oxygens (including phenoxy) is 1. The normalized spacial score (nSPS) is 19.1. The van der Waals surface area contributed by atoms with Crippen LogP contribution in [0.15, 0.2) is 11.1 Å². The van der Waals surface area contributed by atoms with Crippen LogP contribution in [-0.4, -0.2) is 12.6 Å². The number of carbonyl (C=O) groups is 1. The van der Waals surface area contributed by atoms with Crippen molar-refractivity contribution < 1.29 is 9.53 Å². The topological polar surface area (TPSA) is 26.3 Å². The lowest BCUT2D eigenvalue weighted by Crippen LogP contribution is -2.05. The van der Waals surface area contributed by atoms with Gasteiger partial charge in [-0.15, -0.1) is 0 Å². The van der Waals surface area contributed by atoms with Crippen LogP contribution in [0.5, 0.6) is 0 Å².